The Morgan fingerprint density at radius 2 is 1.68 bits per heavy atom. The van der Waals surface area contributed by atoms with Gasteiger partial charge in [-0.2, -0.15) is 0 Å². The summed E-state index contributed by atoms with van der Waals surface area (Å²) in [6.07, 6.45) is 0.0916. The second-order valence-electron chi connectivity index (χ2n) is 9.01. The predicted molar refractivity (Wildman–Crippen MR) is 139 cm³/mol. The van der Waals surface area contributed by atoms with Gasteiger partial charge >= 0.3 is 0 Å². The van der Waals surface area contributed by atoms with Crippen LogP contribution >= 0.6 is 0 Å². The number of β-lactam (4-membered cyclic amide) rings is 1. The number of nitrogens with one attached hydrogen (secondary N) is 1. The van der Waals surface area contributed by atoms with Crippen LogP contribution < -0.4 is 14.8 Å². The first-order chi connectivity index (χ1) is 17.7. The van der Waals surface area contributed by atoms with E-state index in [0.717, 1.165) is 11.1 Å². The molecular weight excluding hydrogens is 492 g/mol. The molecule has 1 N–H and O–H groups in total. The molecule has 9 heteroatoms. The molecule has 0 radical (unpaired) electrons. The van der Waals surface area contributed by atoms with E-state index in [2.05, 4.69) is 5.32 Å². The molecule has 194 valence electrons. The minimum absolute atomic E-state index is 0.0916. The van der Waals surface area contributed by atoms with Crippen LogP contribution in [0.25, 0.3) is 0 Å². The number of methoxy groups -OCH3 is 2. The summed E-state index contributed by atoms with van der Waals surface area (Å²) in [4.78, 5) is 27.6. The number of carbonyl (C=O) groups excluding carboxylic acids is 2. The number of carbonyl (C=O) groups is 2. The first-order valence-corrected chi connectivity index (χ1v) is 13.5. The van der Waals surface area contributed by atoms with Crippen LogP contribution in [0.1, 0.15) is 16.7 Å². The molecule has 2 atom stereocenters. The van der Waals surface area contributed by atoms with Crippen molar-refractivity contribution < 1.29 is 27.5 Å². The van der Waals surface area contributed by atoms with Gasteiger partial charge in [0.25, 0.3) is 0 Å². The average molecular weight is 523 g/mol. The van der Waals surface area contributed by atoms with Crippen molar-refractivity contribution in [2.45, 2.75) is 36.9 Å². The van der Waals surface area contributed by atoms with Gasteiger partial charge in [0.15, 0.2) is 9.84 Å². The lowest BCUT2D eigenvalue weighted by Gasteiger charge is -2.47. The topological polar surface area (TPSA) is 102 Å². The third-order valence-corrected chi connectivity index (χ3v) is 8.23. The van der Waals surface area contributed by atoms with Gasteiger partial charge in [-0.25, -0.2) is 8.42 Å². The molecule has 0 aliphatic carbocycles. The molecule has 0 spiro atoms. The van der Waals surface area contributed by atoms with Gasteiger partial charge in [-0.1, -0.05) is 48.0 Å². The lowest BCUT2D eigenvalue weighted by atomic mass is 9.94. The zero-order chi connectivity index (χ0) is 26.6. The Hall–Kier alpha value is -3.85. The van der Waals surface area contributed by atoms with E-state index in [4.69, 9.17) is 9.47 Å². The van der Waals surface area contributed by atoms with Crippen molar-refractivity contribution >= 4 is 21.7 Å². The maximum absolute atomic E-state index is 13.3. The van der Waals surface area contributed by atoms with E-state index in [1.165, 1.54) is 12.0 Å². The molecule has 3 aromatic rings. The van der Waals surface area contributed by atoms with Crippen molar-refractivity contribution in [3.63, 3.8) is 0 Å². The number of rotatable bonds is 10. The summed E-state index contributed by atoms with van der Waals surface area (Å²) in [6.45, 7) is 2.01. The van der Waals surface area contributed by atoms with Gasteiger partial charge in [0.2, 0.25) is 11.8 Å². The van der Waals surface area contributed by atoms with Crippen molar-refractivity contribution in [1.82, 2.24) is 10.2 Å². The Morgan fingerprint density at radius 3 is 2.32 bits per heavy atom. The van der Waals surface area contributed by atoms with E-state index < -0.39 is 21.9 Å². The number of aryl methyl sites for hydroxylation is 1. The number of amides is 2. The Labute approximate surface area is 217 Å². The molecule has 1 heterocycles. The van der Waals surface area contributed by atoms with Crippen LogP contribution in [0.15, 0.2) is 77.7 Å². The number of ether oxygens (including phenoxy) is 2. The van der Waals surface area contributed by atoms with E-state index in [-0.39, 0.29) is 35.4 Å². The third-order valence-electron chi connectivity index (χ3n) is 6.46. The highest BCUT2D eigenvalue weighted by atomic mass is 32.2. The van der Waals surface area contributed by atoms with Crippen molar-refractivity contribution in [2.75, 3.05) is 20.0 Å². The van der Waals surface area contributed by atoms with Gasteiger partial charge in [0, 0.05) is 18.2 Å². The summed E-state index contributed by atoms with van der Waals surface area (Å²) < 4.78 is 37.3. The largest absolute Gasteiger partial charge is 0.497 e. The van der Waals surface area contributed by atoms with Crippen molar-refractivity contribution in [3.05, 3.63) is 89.5 Å². The summed E-state index contributed by atoms with van der Waals surface area (Å²) in [5.74, 6) is 0.104. The quantitative estimate of drug-likeness (QED) is 0.411. The number of nitrogens with zero attached hydrogens (tertiary/aromatic N) is 1. The third kappa shape index (κ3) is 5.94. The lowest BCUT2D eigenvalue weighted by molar-refractivity contribution is -0.153. The highest BCUT2D eigenvalue weighted by Crippen LogP contribution is 2.31. The van der Waals surface area contributed by atoms with Crippen molar-refractivity contribution in [1.29, 1.82) is 0 Å². The molecule has 37 heavy (non-hydrogen) atoms. The SMILES string of the molecule is COc1ccc(CN2C(=O)[C@@H](NC(=O)Cc3ccccc3)[C@H]2CS(=O)(=O)c2ccc(C)cc2)c(OC)c1. The second kappa shape index (κ2) is 11.0. The molecule has 0 saturated carbocycles. The fourth-order valence-corrected chi connectivity index (χ4v) is 5.95. The summed E-state index contributed by atoms with van der Waals surface area (Å²) in [7, 11) is -0.676. The Kier molecular flexibility index (Phi) is 7.83. The molecule has 0 bridgehead atoms. The highest BCUT2D eigenvalue weighted by molar-refractivity contribution is 7.91. The summed E-state index contributed by atoms with van der Waals surface area (Å²) in [5.41, 5.74) is 2.44. The Balaban J connectivity index is 1.58. The molecular formula is C28H30N2O6S. The van der Waals surface area contributed by atoms with Gasteiger partial charge in [-0.05, 0) is 36.8 Å². The van der Waals surface area contributed by atoms with E-state index in [1.807, 2.05) is 37.3 Å². The Morgan fingerprint density at radius 1 is 0.973 bits per heavy atom. The van der Waals surface area contributed by atoms with Crippen LogP contribution in [0.2, 0.25) is 0 Å². The second-order valence-corrected chi connectivity index (χ2v) is 11.0. The number of hydrogen-bond acceptors (Lipinski definition) is 6. The minimum Gasteiger partial charge on any atom is -0.497 e. The van der Waals surface area contributed by atoms with Crippen LogP contribution in [0.5, 0.6) is 11.5 Å². The van der Waals surface area contributed by atoms with Crippen molar-refractivity contribution in [2.24, 2.45) is 0 Å². The molecule has 0 aromatic heterocycles. The number of likely N-dealkylation sites (tertiary alicyclic amines) is 1. The maximum atomic E-state index is 13.3. The zero-order valence-electron chi connectivity index (χ0n) is 21.0. The molecule has 1 aliphatic rings. The minimum atomic E-state index is -3.74. The molecule has 1 aliphatic heterocycles. The fraction of sp³-hybridized carbons (Fsp3) is 0.286. The molecule has 1 saturated heterocycles. The van der Waals surface area contributed by atoms with Crippen LogP contribution in [0.4, 0.5) is 0 Å². The first kappa shape index (κ1) is 26.2. The molecule has 8 nitrogen and oxygen atoms in total. The van der Waals surface area contributed by atoms with E-state index in [1.54, 1.807) is 49.6 Å². The van der Waals surface area contributed by atoms with Gasteiger partial charge in [0.1, 0.15) is 17.5 Å². The first-order valence-electron chi connectivity index (χ1n) is 11.9. The van der Waals surface area contributed by atoms with Gasteiger partial charge < -0.3 is 19.7 Å². The molecule has 2 amide bonds. The highest BCUT2D eigenvalue weighted by Gasteiger charge is 2.50. The molecule has 4 rings (SSSR count). The van der Waals surface area contributed by atoms with Gasteiger partial charge in [-0.15, -0.1) is 0 Å². The maximum Gasteiger partial charge on any atom is 0.248 e. The molecule has 3 aromatic carbocycles. The standard InChI is InChI=1S/C28H30N2O6S/c1-19-9-13-23(14-10-19)37(33,34)18-24-27(29-26(31)15-20-7-5-4-6-8-20)28(32)30(24)17-21-11-12-22(35-2)16-25(21)36-3/h4-14,16,24,27H,15,17-18H2,1-3H3,(H,29,31)/t24-,27+/m1/s1. The van der Waals surface area contributed by atoms with E-state index in [9.17, 15) is 18.0 Å². The fourth-order valence-electron chi connectivity index (χ4n) is 4.38. The normalized spacial score (nSPS) is 17.2. The Bertz CT molecular complexity index is 1370. The van der Waals surface area contributed by atoms with Crippen LogP contribution in [0, 0.1) is 6.92 Å². The number of sulfone groups is 1. The summed E-state index contributed by atoms with van der Waals surface area (Å²) >= 11 is 0. The van der Waals surface area contributed by atoms with Gasteiger partial charge in [-0.3, -0.25) is 9.59 Å². The number of benzene rings is 3. The monoisotopic (exact) mass is 522 g/mol. The van der Waals surface area contributed by atoms with E-state index in [0.29, 0.717) is 17.1 Å². The summed E-state index contributed by atoms with van der Waals surface area (Å²) in [5, 5.41) is 2.76. The molecule has 0 unspecified atom stereocenters. The summed E-state index contributed by atoms with van der Waals surface area (Å²) in [6, 6.07) is 19.3. The van der Waals surface area contributed by atoms with Crippen LogP contribution in [-0.2, 0) is 32.4 Å². The molecule has 1 fully saturated rings. The smallest absolute Gasteiger partial charge is 0.248 e. The van der Waals surface area contributed by atoms with Crippen molar-refractivity contribution in [3.8, 4) is 11.5 Å². The van der Waals surface area contributed by atoms with Crippen LogP contribution in [-0.4, -0.2) is 57.2 Å². The zero-order valence-corrected chi connectivity index (χ0v) is 21.8. The lowest BCUT2D eigenvalue weighted by Crippen LogP contribution is -2.72. The average Bonchev–Trinajstić information content (AvgIpc) is 2.90. The van der Waals surface area contributed by atoms with E-state index >= 15 is 0 Å². The predicted octanol–water partition coefficient (Wildman–Crippen LogP) is 2.92. The van der Waals surface area contributed by atoms with Crippen LogP contribution in [0.3, 0.4) is 0 Å². The van der Waals surface area contributed by atoms with Gasteiger partial charge in [0.05, 0.1) is 37.3 Å². The number of hydrogen-bond donors (Lipinski definition) is 1.